The van der Waals surface area contributed by atoms with Crippen molar-refractivity contribution in [2.75, 3.05) is 5.73 Å². The molecule has 2 rings (SSSR count). The minimum Gasteiger partial charge on any atom is -0.375 e. The summed E-state index contributed by atoms with van der Waals surface area (Å²) in [6.07, 6.45) is -3.01. The molecule has 16 heavy (non-hydrogen) atoms. The predicted molar refractivity (Wildman–Crippen MR) is 57.0 cm³/mol. The van der Waals surface area contributed by atoms with Crippen LogP contribution < -0.4 is 5.73 Å². The predicted octanol–water partition coefficient (Wildman–Crippen LogP) is 3.41. The second-order valence-corrected chi connectivity index (χ2v) is 4.17. The van der Waals surface area contributed by atoms with Crippen LogP contribution in [0.1, 0.15) is 5.56 Å². The Morgan fingerprint density at radius 2 is 1.88 bits per heavy atom. The van der Waals surface area contributed by atoms with Crippen molar-refractivity contribution in [3.05, 3.63) is 36.0 Å². The highest BCUT2D eigenvalue weighted by Crippen LogP contribution is 2.38. The first kappa shape index (κ1) is 10.9. The van der Waals surface area contributed by atoms with Crippen molar-refractivity contribution in [3.63, 3.8) is 0 Å². The first-order chi connectivity index (χ1) is 7.48. The number of hydrogen-bond acceptors (Lipinski definition) is 3. The molecule has 0 fully saturated rings. The summed E-state index contributed by atoms with van der Waals surface area (Å²) < 4.78 is 38.1. The van der Waals surface area contributed by atoms with Gasteiger partial charge in [-0.15, -0.1) is 0 Å². The fourth-order valence-corrected chi connectivity index (χ4v) is 2.08. The number of alkyl halides is 3. The van der Waals surface area contributed by atoms with E-state index in [4.69, 9.17) is 5.73 Å². The Labute approximate surface area is 93.5 Å². The Hall–Kier alpha value is -1.56. The molecule has 1 aromatic carbocycles. The molecule has 0 aliphatic rings. The van der Waals surface area contributed by atoms with E-state index in [1.165, 1.54) is 18.3 Å². The summed E-state index contributed by atoms with van der Waals surface area (Å²) in [4.78, 5) is 4.17. The van der Waals surface area contributed by atoms with Crippen LogP contribution in [0, 0.1) is 0 Å². The van der Waals surface area contributed by atoms with Crippen molar-refractivity contribution >= 4 is 16.5 Å². The molecule has 2 aromatic rings. The topological polar surface area (TPSA) is 38.9 Å². The number of halogens is 3. The first-order valence-corrected chi connectivity index (χ1v) is 5.18. The van der Waals surface area contributed by atoms with Crippen molar-refractivity contribution in [1.82, 2.24) is 4.98 Å². The number of thiazole rings is 1. The molecule has 1 aromatic heterocycles. The van der Waals surface area contributed by atoms with Gasteiger partial charge in [0.2, 0.25) is 0 Å². The molecule has 2 N–H and O–H groups in total. The summed E-state index contributed by atoms with van der Waals surface area (Å²) in [5.41, 5.74) is 4.85. The summed E-state index contributed by atoms with van der Waals surface area (Å²) in [7, 11) is 0. The normalized spacial score (nSPS) is 11.7. The third-order valence-corrected chi connectivity index (χ3v) is 2.88. The van der Waals surface area contributed by atoms with Gasteiger partial charge in [0.1, 0.15) is 0 Å². The average molecular weight is 244 g/mol. The van der Waals surface area contributed by atoms with Crippen LogP contribution in [0.5, 0.6) is 0 Å². The summed E-state index contributed by atoms with van der Waals surface area (Å²) in [6, 6.07) is 5.37. The van der Waals surface area contributed by atoms with Crippen LogP contribution in [0.2, 0.25) is 0 Å². The molecule has 0 unspecified atom stereocenters. The van der Waals surface area contributed by atoms with Crippen LogP contribution in [0.3, 0.4) is 0 Å². The van der Waals surface area contributed by atoms with E-state index >= 15 is 0 Å². The second kappa shape index (κ2) is 3.79. The molecule has 0 radical (unpaired) electrons. The van der Waals surface area contributed by atoms with Gasteiger partial charge in [-0.2, -0.15) is 13.2 Å². The van der Waals surface area contributed by atoms with Crippen molar-refractivity contribution < 1.29 is 13.2 Å². The highest BCUT2D eigenvalue weighted by atomic mass is 32.1. The maximum absolute atomic E-state index is 12.7. The van der Waals surface area contributed by atoms with Crippen molar-refractivity contribution in [3.8, 4) is 10.4 Å². The van der Waals surface area contributed by atoms with Gasteiger partial charge in [0, 0.05) is 11.8 Å². The first-order valence-electron chi connectivity index (χ1n) is 4.36. The van der Waals surface area contributed by atoms with E-state index in [2.05, 4.69) is 4.98 Å². The molecule has 0 amide bonds. The molecule has 0 saturated heterocycles. The van der Waals surface area contributed by atoms with E-state index in [1.54, 1.807) is 6.07 Å². The molecule has 2 nitrogen and oxygen atoms in total. The lowest BCUT2D eigenvalue weighted by atomic mass is 10.1. The number of nitrogen functional groups attached to an aromatic ring is 1. The van der Waals surface area contributed by atoms with E-state index in [-0.39, 0.29) is 10.7 Å². The monoisotopic (exact) mass is 244 g/mol. The highest BCUT2D eigenvalue weighted by molar-refractivity contribution is 7.18. The quantitative estimate of drug-likeness (QED) is 0.834. The molecule has 1 heterocycles. The van der Waals surface area contributed by atoms with E-state index in [0.29, 0.717) is 4.88 Å². The molecule has 6 heteroatoms. The van der Waals surface area contributed by atoms with Crippen LogP contribution in [-0.2, 0) is 6.18 Å². The highest BCUT2D eigenvalue weighted by Gasteiger charge is 2.33. The molecule has 0 bridgehead atoms. The molecule has 0 aliphatic carbocycles. The number of anilines is 1. The van der Waals surface area contributed by atoms with Crippen LogP contribution in [0.4, 0.5) is 18.3 Å². The Kier molecular flexibility index (Phi) is 2.59. The molecular weight excluding hydrogens is 237 g/mol. The molecule has 0 spiro atoms. The van der Waals surface area contributed by atoms with Gasteiger partial charge in [-0.05, 0) is 6.07 Å². The number of hydrogen-bond donors (Lipinski definition) is 1. The van der Waals surface area contributed by atoms with Gasteiger partial charge in [-0.3, -0.25) is 0 Å². The Bertz CT molecular complexity index is 505. The van der Waals surface area contributed by atoms with E-state index < -0.39 is 11.7 Å². The van der Waals surface area contributed by atoms with Gasteiger partial charge in [-0.25, -0.2) is 4.98 Å². The van der Waals surface area contributed by atoms with Crippen molar-refractivity contribution in [1.29, 1.82) is 0 Å². The third kappa shape index (κ3) is 2.01. The van der Waals surface area contributed by atoms with Crippen LogP contribution in [-0.4, -0.2) is 4.98 Å². The Balaban J connectivity index is 2.57. The fraction of sp³-hybridized carbons (Fsp3) is 0.100. The Morgan fingerprint density at radius 3 is 2.44 bits per heavy atom. The minimum absolute atomic E-state index is 0.115. The van der Waals surface area contributed by atoms with E-state index in [9.17, 15) is 13.2 Å². The van der Waals surface area contributed by atoms with E-state index in [1.807, 2.05) is 0 Å². The van der Waals surface area contributed by atoms with Crippen LogP contribution >= 0.6 is 11.3 Å². The van der Waals surface area contributed by atoms with Gasteiger partial charge in [-0.1, -0.05) is 29.5 Å². The summed E-state index contributed by atoms with van der Waals surface area (Å²) in [6.45, 7) is 0. The fourth-order valence-electron chi connectivity index (χ4n) is 1.36. The van der Waals surface area contributed by atoms with Gasteiger partial charge in [0.25, 0.3) is 0 Å². The SMILES string of the molecule is Nc1ncc(-c2ccccc2C(F)(F)F)s1. The lowest BCUT2D eigenvalue weighted by molar-refractivity contribution is -0.137. The number of nitrogens with zero attached hydrogens (tertiary/aromatic N) is 1. The van der Waals surface area contributed by atoms with Gasteiger partial charge in [0.05, 0.1) is 10.4 Å². The summed E-state index contributed by atoms with van der Waals surface area (Å²) in [5.74, 6) is 0. The standard InChI is InChI=1S/C10H7F3N2S/c11-10(12,13)7-4-2-1-3-6(7)8-5-15-9(14)16-8/h1-5H,(H2,14,15). The minimum atomic E-state index is -4.37. The van der Waals surface area contributed by atoms with Crippen LogP contribution in [0.15, 0.2) is 30.5 Å². The molecular formula is C10H7F3N2S. The number of nitrogens with two attached hydrogens (primary N) is 1. The summed E-state index contributed by atoms with van der Waals surface area (Å²) in [5, 5.41) is 0.256. The van der Waals surface area contributed by atoms with Crippen molar-refractivity contribution in [2.24, 2.45) is 0 Å². The third-order valence-electron chi connectivity index (χ3n) is 2.02. The number of aromatic nitrogens is 1. The summed E-state index contributed by atoms with van der Waals surface area (Å²) >= 11 is 1.04. The largest absolute Gasteiger partial charge is 0.417 e. The molecule has 0 atom stereocenters. The zero-order chi connectivity index (χ0) is 11.8. The average Bonchev–Trinajstić information content (AvgIpc) is 2.64. The number of benzene rings is 1. The van der Waals surface area contributed by atoms with Gasteiger partial charge >= 0.3 is 6.18 Å². The Morgan fingerprint density at radius 1 is 1.19 bits per heavy atom. The molecule has 84 valence electrons. The lowest BCUT2D eigenvalue weighted by Crippen LogP contribution is -2.06. The number of rotatable bonds is 1. The maximum atomic E-state index is 12.7. The second-order valence-electron chi connectivity index (χ2n) is 3.11. The van der Waals surface area contributed by atoms with Crippen molar-refractivity contribution in [2.45, 2.75) is 6.18 Å². The van der Waals surface area contributed by atoms with Crippen LogP contribution in [0.25, 0.3) is 10.4 Å². The molecule has 0 aliphatic heterocycles. The maximum Gasteiger partial charge on any atom is 0.417 e. The van der Waals surface area contributed by atoms with Gasteiger partial charge in [0.15, 0.2) is 5.13 Å². The zero-order valence-corrected chi connectivity index (χ0v) is 8.77. The van der Waals surface area contributed by atoms with Gasteiger partial charge < -0.3 is 5.73 Å². The zero-order valence-electron chi connectivity index (χ0n) is 7.95. The smallest absolute Gasteiger partial charge is 0.375 e. The molecule has 0 saturated carbocycles. The van der Waals surface area contributed by atoms with E-state index in [0.717, 1.165) is 17.4 Å². The lowest BCUT2D eigenvalue weighted by Gasteiger charge is -2.10.